The SMILES string of the molecule is CC(C)C(=O)[C@H](CN)c1ccc(Cl)cc1F. The second kappa shape index (κ2) is 5.41. The number of carbonyl (C=O) groups excluding carboxylic acids is 1. The van der Waals surface area contributed by atoms with Crippen LogP contribution in [-0.2, 0) is 4.79 Å². The molecule has 0 amide bonds. The van der Waals surface area contributed by atoms with Gasteiger partial charge in [-0.25, -0.2) is 4.39 Å². The molecule has 0 unspecified atom stereocenters. The smallest absolute Gasteiger partial charge is 0.144 e. The summed E-state index contributed by atoms with van der Waals surface area (Å²) in [6.45, 7) is 3.66. The van der Waals surface area contributed by atoms with Crippen molar-refractivity contribution in [3.63, 3.8) is 0 Å². The van der Waals surface area contributed by atoms with Gasteiger partial charge in [0.1, 0.15) is 11.6 Å². The van der Waals surface area contributed by atoms with Crippen LogP contribution in [0.5, 0.6) is 0 Å². The Labute approximate surface area is 99.6 Å². The number of benzene rings is 1. The molecule has 88 valence electrons. The number of hydrogen-bond donors (Lipinski definition) is 1. The van der Waals surface area contributed by atoms with Crippen molar-refractivity contribution in [1.29, 1.82) is 0 Å². The van der Waals surface area contributed by atoms with Crippen LogP contribution < -0.4 is 5.73 Å². The lowest BCUT2D eigenvalue weighted by molar-refractivity contribution is -0.123. The monoisotopic (exact) mass is 243 g/mol. The number of rotatable bonds is 4. The van der Waals surface area contributed by atoms with Crippen molar-refractivity contribution in [2.45, 2.75) is 19.8 Å². The van der Waals surface area contributed by atoms with Crippen LogP contribution in [0.3, 0.4) is 0 Å². The molecule has 0 aliphatic heterocycles. The summed E-state index contributed by atoms with van der Waals surface area (Å²) in [7, 11) is 0. The van der Waals surface area contributed by atoms with Gasteiger partial charge in [-0.05, 0) is 17.7 Å². The summed E-state index contributed by atoms with van der Waals surface area (Å²) in [4.78, 5) is 11.8. The summed E-state index contributed by atoms with van der Waals surface area (Å²) in [5, 5.41) is 0.314. The van der Waals surface area contributed by atoms with Gasteiger partial charge in [-0.15, -0.1) is 0 Å². The lowest BCUT2D eigenvalue weighted by Gasteiger charge is -2.17. The molecule has 0 aliphatic carbocycles. The molecule has 0 saturated carbocycles. The van der Waals surface area contributed by atoms with Gasteiger partial charge in [-0.3, -0.25) is 4.79 Å². The van der Waals surface area contributed by atoms with E-state index in [1.54, 1.807) is 19.9 Å². The molecule has 1 aromatic rings. The van der Waals surface area contributed by atoms with Crippen molar-refractivity contribution in [1.82, 2.24) is 0 Å². The van der Waals surface area contributed by atoms with Gasteiger partial charge < -0.3 is 5.73 Å². The Morgan fingerprint density at radius 3 is 2.56 bits per heavy atom. The molecule has 4 heteroatoms. The second-order valence-corrected chi connectivity index (χ2v) is 4.45. The number of hydrogen-bond acceptors (Lipinski definition) is 2. The lowest BCUT2D eigenvalue weighted by atomic mass is 9.88. The minimum absolute atomic E-state index is 0.0521. The van der Waals surface area contributed by atoms with E-state index in [0.717, 1.165) is 0 Å². The Balaban J connectivity index is 3.09. The summed E-state index contributed by atoms with van der Waals surface area (Å²) in [5.41, 5.74) is 5.85. The third-order valence-electron chi connectivity index (χ3n) is 2.49. The average Bonchev–Trinajstić information content (AvgIpc) is 2.21. The van der Waals surface area contributed by atoms with Crippen molar-refractivity contribution in [2.75, 3.05) is 6.54 Å². The first-order valence-corrected chi connectivity index (χ1v) is 5.54. The Morgan fingerprint density at radius 2 is 2.12 bits per heavy atom. The van der Waals surface area contributed by atoms with Crippen LogP contribution in [0.4, 0.5) is 4.39 Å². The van der Waals surface area contributed by atoms with E-state index in [-0.39, 0.29) is 18.2 Å². The van der Waals surface area contributed by atoms with Crippen molar-refractivity contribution in [3.05, 3.63) is 34.6 Å². The van der Waals surface area contributed by atoms with E-state index >= 15 is 0 Å². The standard InChI is InChI=1S/C12H15ClFNO/c1-7(2)12(16)10(6-15)9-4-3-8(13)5-11(9)14/h3-5,7,10H,6,15H2,1-2H3/t10-/m1/s1. The Kier molecular flexibility index (Phi) is 4.44. The van der Waals surface area contributed by atoms with Crippen LogP contribution in [0.25, 0.3) is 0 Å². The number of halogens is 2. The highest BCUT2D eigenvalue weighted by Crippen LogP contribution is 2.24. The fraction of sp³-hybridized carbons (Fsp3) is 0.417. The molecule has 0 aromatic heterocycles. The van der Waals surface area contributed by atoms with Gasteiger partial charge in [0.15, 0.2) is 0 Å². The van der Waals surface area contributed by atoms with Crippen molar-refractivity contribution in [3.8, 4) is 0 Å². The zero-order chi connectivity index (χ0) is 12.3. The Bertz CT molecular complexity index is 393. The molecule has 2 N–H and O–H groups in total. The van der Waals surface area contributed by atoms with E-state index in [0.29, 0.717) is 10.6 Å². The van der Waals surface area contributed by atoms with Crippen LogP contribution >= 0.6 is 11.6 Å². The molecule has 1 atom stereocenters. The number of nitrogens with two attached hydrogens (primary N) is 1. The van der Waals surface area contributed by atoms with Crippen LogP contribution in [0, 0.1) is 11.7 Å². The predicted octanol–water partition coefficient (Wildman–Crippen LogP) is 2.75. The summed E-state index contributed by atoms with van der Waals surface area (Å²) < 4.78 is 13.6. The first-order valence-electron chi connectivity index (χ1n) is 5.16. The lowest BCUT2D eigenvalue weighted by Crippen LogP contribution is -2.26. The fourth-order valence-electron chi connectivity index (χ4n) is 1.58. The molecule has 2 nitrogen and oxygen atoms in total. The van der Waals surface area contributed by atoms with E-state index in [9.17, 15) is 9.18 Å². The normalized spacial score (nSPS) is 12.9. The molecular formula is C12H15ClFNO. The molecule has 0 radical (unpaired) electrons. The number of Topliss-reactive ketones (excluding diaryl/α,β-unsaturated/α-hetero) is 1. The van der Waals surface area contributed by atoms with Crippen LogP contribution in [0.1, 0.15) is 25.3 Å². The molecule has 1 aromatic carbocycles. The van der Waals surface area contributed by atoms with Crippen LogP contribution in [0.15, 0.2) is 18.2 Å². The fourth-order valence-corrected chi connectivity index (χ4v) is 1.74. The van der Waals surface area contributed by atoms with Gasteiger partial charge in [0.25, 0.3) is 0 Å². The van der Waals surface area contributed by atoms with Crippen molar-refractivity contribution >= 4 is 17.4 Å². The van der Waals surface area contributed by atoms with E-state index in [2.05, 4.69) is 0 Å². The minimum atomic E-state index is -0.586. The minimum Gasteiger partial charge on any atom is -0.329 e. The zero-order valence-corrected chi connectivity index (χ0v) is 10.1. The maximum absolute atomic E-state index is 13.6. The maximum Gasteiger partial charge on any atom is 0.144 e. The highest BCUT2D eigenvalue weighted by Gasteiger charge is 2.24. The summed E-state index contributed by atoms with van der Waals surface area (Å²) in [6, 6.07) is 4.29. The van der Waals surface area contributed by atoms with Gasteiger partial charge in [-0.2, -0.15) is 0 Å². The quantitative estimate of drug-likeness (QED) is 0.884. The van der Waals surface area contributed by atoms with Crippen LogP contribution in [0.2, 0.25) is 5.02 Å². The number of ketones is 1. The molecule has 1 rings (SSSR count). The highest BCUT2D eigenvalue weighted by molar-refractivity contribution is 6.30. The molecular weight excluding hydrogens is 229 g/mol. The number of carbonyl (C=O) groups is 1. The molecule has 0 saturated heterocycles. The van der Waals surface area contributed by atoms with Crippen molar-refractivity contribution in [2.24, 2.45) is 11.7 Å². The summed E-state index contributed by atoms with van der Waals surface area (Å²) in [6.07, 6.45) is 0. The second-order valence-electron chi connectivity index (χ2n) is 4.01. The maximum atomic E-state index is 13.6. The molecule has 0 bridgehead atoms. The van der Waals surface area contributed by atoms with Crippen molar-refractivity contribution < 1.29 is 9.18 Å². The molecule has 0 spiro atoms. The third kappa shape index (κ3) is 2.80. The first kappa shape index (κ1) is 13.1. The zero-order valence-electron chi connectivity index (χ0n) is 9.34. The van der Waals surface area contributed by atoms with Gasteiger partial charge in [0.05, 0.1) is 5.92 Å². The molecule has 16 heavy (non-hydrogen) atoms. The largest absolute Gasteiger partial charge is 0.329 e. The van der Waals surface area contributed by atoms with E-state index < -0.39 is 11.7 Å². The summed E-state index contributed by atoms with van der Waals surface area (Å²) >= 11 is 5.65. The van der Waals surface area contributed by atoms with Gasteiger partial charge in [0.2, 0.25) is 0 Å². The third-order valence-corrected chi connectivity index (χ3v) is 2.72. The molecule has 0 heterocycles. The van der Waals surface area contributed by atoms with Crippen LogP contribution in [-0.4, -0.2) is 12.3 Å². The molecule has 0 aliphatic rings. The average molecular weight is 244 g/mol. The summed E-state index contributed by atoms with van der Waals surface area (Å²) in [5.74, 6) is -1.28. The van der Waals surface area contributed by atoms with E-state index in [1.165, 1.54) is 12.1 Å². The predicted molar refractivity (Wildman–Crippen MR) is 63.1 cm³/mol. The van der Waals surface area contributed by atoms with E-state index in [4.69, 9.17) is 17.3 Å². The van der Waals surface area contributed by atoms with E-state index in [1.807, 2.05) is 0 Å². The highest BCUT2D eigenvalue weighted by atomic mass is 35.5. The first-order chi connectivity index (χ1) is 7.47. The topological polar surface area (TPSA) is 43.1 Å². The molecule has 0 fully saturated rings. The van der Waals surface area contributed by atoms with Gasteiger partial charge in [0, 0.05) is 17.5 Å². The Hall–Kier alpha value is -0.930. The van der Waals surface area contributed by atoms with Gasteiger partial charge >= 0.3 is 0 Å². The van der Waals surface area contributed by atoms with Gasteiger partial charge in [-0.1, -0.05) is 31.5 Å². The Morgan fingerprint density at radius 1 is 1.50 bits per heavy atom.